The van der Waals surface area contributed by atoms with Crippen molar-refractivity contribution in [2.45, 2.75) is 26.8 Å². The molecular formula is C16H20N4O. The van der Waals surface area contributed by atoms with Gasteiger partial charge in [0.15, 0.2) is 0 Å². The third-order valence-electron chi connectivity index (χ3n) is 3.36. The number of rotatable bonds is 5. The van der Waals surface area contributed by atoms with Crippen LogP contribution in [0.3, 0.4) is 0 Å². The lowest BCUT2D eigenvalue weighted by atomic mass is 10.1. The van der Waals surface area contributed by atoms with Crippen LogP contribution in [-0.2, 0) is 13.0 Å². The smallest absolute Gasteiger partial charge is 0.253 e. The average molecular weight is 284 g/mol. The van der Waals surface area contributed by atoms with Gasteiger partial charge in [0.25, 0.3) is 5.91 Å². The van der Waals surface area contributed by atoms with E-state index in [9.17, 15) is 4.79 Å². The van der Waals surface area contributed by atoms with Crippen molar-refractivity contribution in [2.75, 3.05) is 5.43 Å². The molecular weight excluding hydrogens is 264 g/mol. The predicted molar refractivity (Wildman–Crippen MR) is 83.8 cm³/mol. The summed E-state index contributed by atoms with van der Waals surface area (Å²) in [5.74, 6) is 5.30. The van der Waals surface area contributed by atoms with Gasteiger partial charge in [-0.1, -0.05) is 19.1 Å². The lowest BCUT2D eigenvalue weighted by Crippen LogP contribution is -2.25. The number of nitrogen functional groups attached to an aromatic ring is 1. The summed E-state index contributed by atoms with van der Waals surface area (Å²) in [6, 6.07) is 9.41. The van der Waals surface area contributed by atoms with Crippen LogP contribution < -0.4 is 16.6 Å². The molecule has 0 saturated heterocycles. The Morgan fingerprint density at radius 1 is 1.33 bits per heavy atom. The number of amides is 1. The summed E-state index contributed by atoms with van der Waals surface area (Å²) in [4.78, 5) is 16.6. The number of aromatic nitrogens is 1. The molecule has 2 aromatic rings. The Hall–Kier alpha value is -2.40. The topological polar surface area (TPSA) is 80.0 Å². The van der Waals surface area contributed by atoms with Crippen molar-refractivity contribution < 1.29 is 4.79 Å². The molecule has 4 N–H and O–H groups in total. The van der Waals surface area contributed by atoms with E-state index in [0.29, 0.717) is 17.8 Å². The van der Waals surface area contributed by atoms with Gasteiger partial charge < -0.3 is 10.7 Å². The number of nitrogens with one attached hydrogen (secondary N) is 2. The fourth-order valence-corrected chi connectivity index (χ4v) is 2.19. The van der Waals surface area contributed by atoms with Gasteiger partial charge in [-0.2, -0.15) is 0 Å². The SMILES string of the molecule is CCc1cccnc1CNC(=O)c1ccc(C)cc1NN. The molecule has 0 fully saturated rings. The van der Waals surface area contributed by atoms with Crippen LogP contribution in [0.15, 0.2) is 36.5 Å². The van der Waals surface area contributed by atoms with Gasteiger partial charge in [-0.05, 0) is 42.7 Å². The van der Waals surface area contributed by atoms with Gasteiger partial charge >= 0.3 is 0 Å². The maximum absolute atomic E-state index is 12.3. The van der Waals surface area contributed by atoms with Gasteiger partial charge in [-0.3, -0.25) is 15.6 Å². The summed E-state index contributed by atoms with van der Waals surface area (Å²) in [5.41, 5.74) is 6.77. The molecule has 5 nitrogen and oxygen atoms in total. The Balaban J connectivity index is 2.12. The second-order valence-corrected chi connectivity index (χ2v) is 4.84. The van der Waals surface area contributed by atoms with Gasteiger partial charge in [0, 0.05) is 6.20 Å². The molecule has 0 saturated carbocycles. The van der Waals surface area contributed by atoms with E-state index in [1.54, 1.807) is 12.3 Å². The molecule has 1 heterocycles. The number of carbonyl (C=O) groups is 1. The Labute approximate surface area is 124 Å². The van der Waals surface area contributed by atoms with Gasteiger partial charge in [0.05, 0.1) is 23.5 Å². The molecule has 21 heavy (non-hydrogen) atoms. The molecule has 0 unspecified atom stereocenters. The summed E-state index contributed by atoms with van der Waals surface area (Å²) in [6.45, 7) is 4.42. The van der Waals surface area contributed by atoms with E-state index in [4.69, 9.17) is 5.84 Å². The number of hydrazine groups is 1. The number of hydrogen-bond donors (Lipinski definition) is 3. The summed E-state index contributed by atoms with van der Waals surface area (Å²) in [7, 11) is 0. The van der Waals surface area contributed by atoms with Crippen LogP contribution in [0.25, 0.3) is 0 Å². The zero-order valence-corrected chi connectivity index (χ0v) is 12.3. The van der Waals surface area contributed by atoms with Crippen LogP contribution in [0, 0.1) is 6.92 Å². The van der Waals surface area contributed by atoms with E-state index in [1.165, 1.54) is 0 Å². The second kappa shape index (κ2) is 6.85. The number of aryl methyl sites for hydroxylation is 2. The Morgan fingerprint density at radius 3 is 2.86 bits per heavy atom. The third kappa shape index (κ3) is 3.58. The summed E-state index contributed by atoms with van der Waals surface area (Å²) >= 11 is 0. The summed E-state index contributed by atoms with van der Waals surface area (Å²) < 4.78 is 0. The molecule has 0 atom stereocenters. The molecule has 2 rings (SSSR count). The van der Waals surface area contributed by atoms with E-state index in [-0.39, 0.29) is 5.91 Å². The molecule has 0 spiro atoms. The maximum atomic E-state index is 12.3. The fourth-order valence-electron chi connectivity index (χ4n) is 2.19. The highest BCUT2D eigenvalue weighted by atomic mass is 16.1. The number of nitrogens with two attached hydrogens (primary N) is 1. The van der Waals surface area contributed by atoms with Crippen LogP contribution in [0.4, 0.5) is 5.69 Å². The van der Waals surface area contributed by atoms with E-state index in [2.05, 4.69) is 22.7 Å². The quantitative estimate of drug-likeness (QED) is 0.580. The first-order valence-corrected chi connectivity index (χ1v) is 6.94. The zero-order valence-electron chi connectivity index (χ0n) is 12.3. The number of hydrogen-bond acceptors (Lipinski definition) is 4. The van der Waals surface area contributed by atoms with Crippen molar-refractivity contribution >= 4 is 11.6 Å². The summed E-state index contributed by atoms with van der Waals surface area (Å²) in [5, 5.41) is 2.89. The van der Waals surface area contributed by atoms with Crippen molar-refractivity contribution in [3.8, 4) is 0 Å². The van der Waals surface area contributed by atoms with E-state index in [0.717, 1.165) is 23.2 Å². The molecule has 1 aromatic carbocycles. The van der Waals surface area contributed by atoms with Gasteiger partial charge in [-0.15, -0.1) is 0 Å². The van der Waals surface area contributed by atoms with Crippen molar-refractivity contribution in [2.24, 2.45) is 5.84 Å². The first-order valence-electron chi connectivity index (χ1n) is 6.94. The highest BCUT2D eigenvalue weighted by Gasteiger charge is 2.11. The molecule has 0 radical (unpaired) electrons. The van der Waals surface area contributed by atoms with Gasteiger partial charge in [0.1, 0.15) is 0 Å². The van der Waals surface area contributed by atoms with Crippen molar-refractivity contribution in [3.63, 3.8) is 0 Å². The van der Waals surface area contributed by atoms with Crippen LogP contribution in [0.5, 0.6) is 0 Å². The first kappa shape index (κ1) is 15.0. The highest BCUT2D eigenvalue weighted by molar-refractivity contribution is 5.99. The molecule has 1 aromatic heterocycles. The normalized spacial score (nSPS) is 10.2. The molecule has 0 aliphatic carbocycles. The first-order chi connectivity index (χ1) is 10.2. The largest absolute Gasteiger partial charge is 0.346 e. The number of pyridine rings is 1. The average Bonchev–Trinajstić information content (AvgIpc) is 2.52. The minimum Gasteiger partial charge on any atom is -0.346 e. The molecule has 1 amide bonds. The third-order valence-corrected chi connectivity index (χ3v) is 3.36. The summed E-state index contributed by atoms with van der Waals surface area (Å²) in [6.07, 6.45) is 2.62. The Kier molecular flexibility index (Phi) is 4.90. The second-order valence-electron chi connectivity index (χ2n) is 4.84. The Morgan fingerprint density at radius 2 is 2.14 bits per heavy atom. The minimum absolute atomic E-state index is 0.171. The van der Waals surface area contributed by atoms with Crippen molar-refractivity contribution in [1.29, 1.82) is 0 Å². The molecule has 0 bridgehead atoms. The van der Waals surface area contributed by atoms with E-state index < -0.39 is 0 Å². The standard InChI is InChI=1S/C16H20N4O/c1-3-12-5-4-8-18-15(12)10-19-16(21)13-7-6-11(2)9-14(13)20-17/h4-9,20H,3,10,17H2,1-2H3,(H,19,21). The number of nitrogens with zero attached hydrogens (tertiary/aromatic N) is 1. The van der Waals surface area contributed by atoms with Crippen molar-refractivity contribution in [1.82, 2.24) is 10.3 Å². The van der Waals surface area contributed by atoms with Crippen LogP contribution in [0.2, 0.25) is 0 Å². The van der Waals surface area contributed by atoms with Crippen LogP contribution in [0.1, 0.15) is 34.1 Å². The van der Waals surface area contributed by atoms with E-state index >= 15 is 0 Å². The highest BCUT2D eigenvalue weighted by Crippen LogP contribution is 2.16. The van der Waals surface area contributed by atoms with E-state index in [1.807, 2.05) is 31.2 Å². The van der Waals surface area contributed by atoms with Crippen LogP contribution >= 0.6 is 0 Å². The monoisotopic (exact) mass is 284 g/mol. The molecule has 0 aliphatic heterocycles. The predicted octanol–water partition coefficient (Wildman–Crippen LogP) is 2.17. The fraction of sp³-hybridized carbons (Fsp3) is 0.250. The maximum Gasteiger partial charge on any atom is 0.253 e. The van der Waals surface area contributed by atoms with Gasteiger partial charge in [-0.25, -0.2) is 0 Å². The lowest BCUT2D eigenvalue weighted by molar-refractivity contribution is 0.0951. The number of carbonyl (C=O) groups excluding carboxylic acids is 1. The lowest BCUT2D eigenvalue weighted by Gasteiger charge is -2.11. The zero-order chi connectivity index (χ0) is 15.2. The van der Waals surface area contributed by atoms with Crippen LogP contribution in [-0.4, -0.2) is 10.9 Å². The number of anilines is 1. The Bertz CT molecular complexity index is 640. The minimum atomic E-state index is -0.171. The molecule has 0 aliphatic rings. The molecule has 110 valence electrons. The van der Waals surface area contributed by atoms with Crippen molar-refractivity contribution in [3.05, 3.63) is 58.9 Å². The van der Waals surface area contributed by atoms with Gasteiger partial charge in [0.2, 0.25) is 0 Å². The number of benzene rings is 1. The molecule has 5 heteroatoms.